The van der Waals surface area contributed by atoms with Gasteiger partial charge in [-0.1, -0.05) is 100 Å². The van der Waals surface area contributed by atoms with Crippen LogP contribution in [0.3, 0.4) is 0 Å². The zero-order chi connectivity index (χ0) is 25.7. The van der Waals surface area contributed by atoms with Crippen LogP contribution in [0.4, 0.5) is 0 Å². The van der Waals surface area contributed by atoms with Crippen molar-refractivity contribution in [2.75, 3.05) is 38.8 Å². The largest absolute Gasteiger partial charge is 0.463 e. The molecule has 2 rings (SSSR count). The Kier molecular flexibility index (Phi) is 18.5. The molecule has 0 bridgehead atoms. The number of thioether (sulfide) groups is 2. The first-order chi connectivity index (χ1) is 17.7. The maximum Gasteiger partial charge on any atom is 0.321 e. The smallest absolute Gasteiger partial charge is 0.321 e. The lowest BCUT2D eigenvalue weighted by Crippen LogP contribution is -2.32. The molecular formula is C29H52N4OS2. The molecule has 0 aliphatic carbocycles. The number of hydrogen-bond acceptors (Lipinski definition) is 7. The van der Waals surface area contributed by atoms with Gasteiger partial charge >= 0.3 is 6.01 Å². The van der Waals surface area contributed by atoms with E-state index in [9.17, 15) is 0 Å². The highest BCUT2D eigenvalue weighted by Crippen LogP contribution is 2.23. The summed E-state index contributed by atoms with van der Waals surface area (Å²) in [6.45, 7) is 5.30. The molecule has 1 aromatic rings. The first kappa shape index (κ1) is 31.4. The molecule has 0 aromatic carbocycles. The van der Waals surface area contributed by atoms with E-state index >= 15 is 0 Å². The monoisotopic (exact) mass is 536 g/mol. The summed E-state index contributed by atoms with van der Waals surface area (Å²) in [5.41, 5.74) is 0. The van der Waals surface area contributed by atoms with Crippen molar-refractivity contribution in [1.82, 2.24) is 19.9 Å². The van der Waals surface area contributed by atoms with Crippen molar-refractivity contribution in [3.05, 3.63) is 12.2 Å². The summed E-state index contributed by atoms with van der Waals surface area (Å²) in [4.78, 5) is 16.0. The summed E-state index contributed by atoms with van der Waals surface area (Å²) in [5.74, 6) is 1.67. The first-order valence-electron chi connectivity index (χ1n) is 14.6. The Balaban J connectivity index is 1.48. The third kappa shape index (κ3) is 15.5. The fraction of sp³-hybridized carbons (Fsp3) is 0.828. The lowest BCUT2D eigenvalue weighted by molar-refractivity contribution is 0.151. The number of unbranched alkanes of at least 4 members (excludes halogenated alkanes) is 12. The average molecular weight is 537 g/mol. The summed E-state index contributed by atoms with van der Waals surface area (Å²) in [5, 5.41) is 1.56. The zero-order valence-corrected chi connectivity index (χ0v) is 25.0. The molecule has 1 aromatic heterocycles. The van der Waals surface area contributed by atoms with Crippen LogP contribution in [-0.2, 0) is 0 Å². The molecule has 7 heteroatoms. The molecule has 2 heterocycles. The molecule has 1 saturated heterocycles. The predicted molar refractivity (Wildman–Crippen MR) is 157 cm³/mol. The van der Waals surface area contributed by atoms with Gasteiger partial charge in [-0.15, -0.1) is 0 Å². The second-order valence-electron chi connectivity index (χ2n) is 10.2. The Morgan fingerprint density at radius 2 is 1.39 bits per heavy atom. The SMILES string of the molecule is CCCCCCCC/C=C\CCCCCCCCSc1nc(OCC2CCN(C)CC2)nc(SC)n1. The third-order valence-corrected chi connectivity index (χ3v) is 8.41. The van der Waals surface area contributed by atoms with Gasteiger partial charge < -0.3 is 9.64 Å². The highest BCUT2D eigenvalue weighted by molar-refractivity contribution is 7.99. The Labute approximate surface area is 230 Å². The first-order valence-corrected chi connectivity index (χ1v) is 16.8. The summed E-state index contributed by atoms with van der Waals surface area (Å²) in [6, 6.07) is 0.497. The van der Waals surface area contributed by atoms with Crippen molar-refractivity contribution >= 4 is 23.5 Å². The predicted octanol–water partition coefficient (Wildman–Crippen LogP) is 8.44. The molecule has 0 N–H and O–H groups in total. The van der Waals surface area contributed by atoms with Crippen molar-refractivity contribution in [2.24, 2.45) is 5.92 Å². The van der Waals surface area contributed by atoms with Gasteiger partial charge in [-0.3, -0.25) is 0 Å². The van der Waals surface area contributed by atoms with Gasteiger partial charge in [0.25, 0.3) is 0 Å². The highest BCUT2D eigenvalue weighted by Gasteiger charge is 2.18. The molecule has 5 nitrogen and oxygen atoms in total. The number of piperidine rings is 1. The van der Waals surface area contributed by atoms with E-state index in [1.165, 1.54) is 103 Å². The van der Waals surface area contributed by atoms with Gasteiger partial charge in [0.05, 0.1) is 6.61 Å². The topological polar surface area (TPSA) is 51.1 Å². The van der Waals surface area contributed by atoms with Crippen LogP contribution in [0.1, 0.15) is 110 Å². The number of hydrogen-bond donors (Lipinski definition) is 0. The van der Waals surface area contributed by atoms with Crippen LogP contribution in [0.2, 0.25) is 0 Å². The molecule has 36 heavy (non-hydrogen) atoms. The minimum atomic E-state index is 0.497. The van der Waals surface area contributed by atoms with Crippen LogP contribution in [0, 0.1) is 5.92 Å². The minimum Gasteiger partial charge on any atom is -0.463 e. The Morgan fingerprint density at radius 1 is 0.806 bits per heavy atom. The normalized spacial score (nSPS) is 15.2. The fourth-order valence-corrected chi connectivity index (χ4v) is 5.70. The average Bonchev–Trinajstić information content (AvgIpc) is 2.90. The molecule has 1 aliphatic rings. The van der Waals surface area contributed by atoms with Crippen molar-refractivity contribution in [1.29, 1.82) is 0 Å². The van der Waals surface area contributed by atoms with Gasteiger partial charge in [0.2, 0.25) is 0 Å². The Morgan fingerprint density at radius 3 is 2.03 bits per heavy atom. The van der Waals surface area contributed by atoms with Crippen molar-refractivity contribution in [3.63, 3.8) is 0 Å². The van der Waals surface area contributed by atoms with E-state index in [4.69, 9.17) is 4.74 Å². The maximum absolute atomic E-state index is 5.99. The van der Waals surface area contributed by atoms with E-state index < -0.39 is 0 Å². The van der Waals surface area contributed by atoms with Gasteiger partial charge in [-0.2, -0.15) is 15.0 Å². The molecule has 1 aliphatic heterocycles. The van der Waals surface area contributed by atoms with Gasteiger partial charge in [0.1, 0.15) is 0 Å². The Hall–Kier alpha value is -0.790. The molecule has 0 unspecified atom stereocenters. The van der Waals surface area contributed by atoms with Gasteiger partial charge in [-0.05, 0) is 77.3 Å². The lowest BCUT2D eigenvalue weighted by atomic mass is 9.98. The van der Waals surface area contributed by atoms with Crippen molar-refractivity contribution in [3.8, 4) is 6.01 Å². The van der Waals surface area contributed by atoms with Crippen LogP contribution in [0.15, 0.2) is 22.5 Å². The van der Waals surface area contributed by atoms with Crippen molar-refractivity contribution < 1.29 is 4.74 Å². The van der Waals surface area contributed by atoms with E-state index in [1.54, 1.807) is 23.5 Å². The van der Waals surface area contributed by atoms with Crippen LogP contribution >= 0.6 is 23.5 Å². The van der Waals surface area contributed by atoms with Crippen LogP contribution in [0.25, 0.3) is 0 Å². The zero-order valence-electron chi connectivity index (χ0n) is 23.4. The summed E-state index contributed by atoms with van der Waals surface area (Å²) >= 11 is 3.30. The van der Waals surface area contributed by atoms with Gasteiger partial charge in [0, 0.05) is 5.75 Å². The number of rotatable bonds is 21. The number of nitrogens with zero attached hydrogens (tertiary/aromatic N) is 4. The molecule has 1 fully saturated rings. The van der Waals surface area contributed by atoms with E-state index in [-0.39, 0.29) is 0 Å². The summed E-state index contributed by atoms with van der Waals surface area (Å²) in [6.07, 6.45) is 28.0. The van der Waals surface area contributed by atoms with Gasteiger partial charge in [0.15, 0.2) is 10.3 Å². The van der Waals surface area contributed by atoms with Gasteiger partial charge in [-0.25, -0.2) is 0 Å². The van der Waals surface area contributed by atoms with E-state index in [1.807, 2.05) is 6.26 Å². The van der Waals surface area contributed by atoms with E-state index in [2.05, 4.69) is 46.0 Å². The fourth-order valence-electron chi connectivity index (χ4n) is 4.47. The second-order valence-corrected chi connectivity index (χ2v) is 12.1. The number of ether oxygens (including phenoxy) is 1. The third-order valence-electron chi connectivity index (χ3n) is 6.93. The molecule has 0 radical (unpaired) electrons. The molecular weight excluding hydrogens is 484 g/mol. The van der Waals surface area contributed by atoms with Crippen LogP contribution in [0.5, 0.6) is 6.01 Å². The van der Waals surface area contributed by atoms with Crippen LogP contribution in [-0.4, -0.2) is 58.6 Å². The molecule has 0 atom stereocenters. The number of allylic oxidation sites excluding steroid dienone is 2. The molecule has 206 valence electrons. The minimum absolute atomic E-state index is 0.497. The molecule has 0 saturated carbocycles. The molecule has 0 spiro atoms. The van der Waals surface area contributed by atoms with E-state index in [0.717, 1.165) is 29.2 Å². The summed E-state index contributed by atoms with van der Waals surface area (Å²) in [7, 11) is 2.19. The number of aromatic nitrogens is 3. The van der Waals surface area contributed by atoms with Crippen LogP contribution < -0.4 is 4.74 Å². The lowest BCUT2D eigenvalue weighted by Gasteiger charge is -2.28. The second kappa shape index (κ2) is 21.2. The highest BCUT2D eigenvalue weighted by atomic mass is 32.2. The summed E-state index contributed by atoms with van der Waals surface area (Å²) < 4.78 is 5.99. The Bertz CT molecular complexity index is 696. The standard InChI is InChI=1S/C29H52N4OS2/c1-4-5-6-7-8-9-10-11-12-13-14-15-16-17-18-19-24-36-29-31-27(30-28(32-29)35-3)34-25-26-20-22-33(2)23-21-26/h11-12,26H,4-10,13-25H2,1-3H3/b12-11-. The number of likely N-dealkylation sites (tertiary alicyclic amines) is 1. The molecule has 0 amide bonds. The maximum atomic E-state index is 5.99. The van der Waals surface area contributed by atoms with Crippen molar-refractivity contribution in [2.45, 2.75) is 120 Å². The van der Waals surface area contributed by atoms with E-state index in [0.29, 0.717) is 18.5 Å². The quantitative estimate of drug-likeness (QED) is 0.0887.